The maximum absolute atomic E-state index is 12.0. The normalized spacial score (nSPS) is 23.5. The molecule has 0 spiro atoms. The zero-order chi connectivity index (χ0) is 15.6. The van der Waals surface area contributed by atoms with E-state index in [-0.39, 0.29) is 23.5 Å². The quantitative estimate of drug-likeness (QED) is 0.817. The molecule has 1 saturated carbocycles. The van der Waals surface area contributed by atoms with E-state index in [1.165, 1.54) is 11.5 Å². The van der Waals surface area contributed by atoms with Gasteiger partial charge in [-0.05, 0) is 38.7 Å². The van der Waals surface area contributed by atoms with Crippen molar-refractivity contribution < 1.29 is 14.3 Å². The molecule has 0 amide bonds. The average Bonchev–Trinajstić information content (AvgIpc) is 2.79. The number of esters is 1. The number of ether oxygens (including phenoxy) is 2. The van der Waals surface area contributed by atoms with Crippen molar-refractivity contribution in [3.05, 3.63) is 11.3 Å². The molecule has 0 aliphatic heterocycles. The van der Waals surface area contributed by atoms with E-state index in [9.17, 15) is 4.79 Å². The van der Waals surface area contributed by atoms with E-state index in [0.717, 1.165) is 23.7 Å². The Kier molecular flexibility index (Phi) is 4.88. The number of carbonyl (C=O) groups is 1. The molecule has 5 nitrogen and oxygen atoms in total. The minimum absolute atomic E-state index is 0.0415. The number of rotatable bonds is 6. The van der Waals surface area contributed by atoms with Crippen LogP contribution in [0, 0.1) is 12.3 Å². The minimum atomic E-state index is -0.301. The summed E-state index contributed by atoms with van der Waals surface area (Å²) in [6.07, 6.45) is 1.21. The third-order valence-corrected chi connectivity index (χ3v) is 5.06. The van der Waals surface area contributed by atoms with Crippen LogP contribution in [0.5, 0.6) is 0 Å². The molecule has 2 atom stereocenters. The second-order valence-corrected chi connectivity index (χ2v) is 6.66. The van der Waals surface area contributed by atoms with E-state index in [1.54, 1.807) is 0 Å². The van der Waals surface area contributed by atoms with Gasteiger partial charge in [0.1, 0.15) is 10.6 Å². The number of anilines is 1. The summed E-state index contributed by atoms with van der Waals surface area (Å²) < 4.78 is 15.1. The molecular formula is C15H24N2O3S. The Hall–Kier alpha value is -1.14. The maximum atomic E-state index is 12.0. The van der Waals surface area contributed by atoms with Crippen LogP contribution in [0.4, 0.5) is 5.00 Å². The third-order valence-electron chi connectivity index (χ3n) is 4.19. The topological polar surface area (TPSA) is 60.5 Å². The van der Waals surface area contributed by atoms with Gasteiger partial charge in [-0.3, -0.25) is 0 Å². The molecule has 1 aromatic rings. The summed E-state index contributed by atoms with van der Waals surface area (Å²) >= 11 is 1.32. The largest absolute Gasteiger partial charge is 0.462 e. The summed E-state index contributed by atoms with van der Waals surface area (Å²) in [7, 11) is 0. The Bertz CT molecular complexity index is 513. The van der Waals surface area contributed by atoms with Gasteiger partial charge < -0.3 is 14.8 Å². The fraction of sp³-hybridized carbons (Fsp3) is 0.733. The van der Waals surface area contributed by atoms with Gasteiger partial charge in [0.2, 0.25) is 0 Å². The first-order valence-electron chi connectivity index (χ1n) is 7.43. The third kappa shape index (κ3) is 3.06. The molecular weight excluding hydrogens is 288 g/mol. The van der Waals surface area contributed by atoms with Gasteiger partial charge in [-0.1, -0.05) is 13.8 Å². The molecule has 1 aliphatic carbocycles. The van der Waals surface area contributed by atoms with Crippen LogP contribution in [0.1, 0.15) is 50.2 Å². The average molecular weight is 312 g/mol. The number of nitrogens with zero attached hydrogens (tertiary/aromatic N) is 1. The predicted molar refractivity (Wildman–Crippen MR) is 84.0 cm³/mol. The van der Waals surface area contributed by atoms with Crippen LogP contribution < -0.4 is 5.32 Å². The smallest absolute Gasteiger partial charge is 0.343 e. The Labute approximate surface area is 130 Å². The first-order chi connectivity index (χ1) is 9.91. The van der Waals surface area contributed by atoms with Crippen LogP contribution in [0.25, 0.3) is 0 Å². The van der Waals surface area contributed by atoms with Gasteiger partial charge in [-0.2, -0.15) is 4.37 Å². The summed E-state index contributed by atoms with van der Waals surface area (Å²) in [4.78, 5) is 12.0. The number of hydrogen-bond acceptors (Lipinski definition) is 6. The lowest BCUT2D eigenvalue weighted by Gasteiger charge is -2.51. The lowest BCUT2D eigenvalue weighted by Crippen LogP contribution is -2.58. The maximum Gasteiger partial charge on any atom is 0.343 e. The monoisotopic (exact) mass is 312 g/mol. The zero-order valence-corrected chi connectivity index (χ0v) is 14.2. The van der Waals surface area contributed by atoms with Crippen LogP contribution in [-0.4, -0.2) is 35.7 Å². The molecule has 1 heterocycles. The highest BCUT2D eigenvalue weighted by Gasteiger charge is 2.49. The first kappa shape index (κ1) is 16.2. The molecule has 6 heteroatoms. The number of carbonyl (C=O) groups excluding carboxylic acids is 1. The molecule has 21 heavy (non-hydrogen) atoms. The molecule has 2 rings (SSSR count). The fourth-order valence-electron chi connectivity index (χ4n) is 2.68. The van der Waals surface area contributed by atoms with Crippen molar-refractivity contribution >= 4 is 22.5 Å². The molecule has 1 fully saturated rings. The number of hydrogen-bond donors (Lipinski definition) is 1. The Morgan fingerprint density at radius 3 is 2.71 bits per heavy atom. The highest BCUT2D eigenvalue weighted by Crippen LogP contribution is 2.45. The van der Waals surface area contributed by atoms with Gasteiger partial charge in [-0.25, -0.2) is 4.79 Å². The van der Waals surface area contributed by atoms with Gasteiger partial charge in [0.15, 0.2) is 0 Å². The van der Waals surface area contributed by atoms with E-state index >= 15 is 0 Å². The lowest BCUT2D eigenvalue weighted by molar-refractivity contribution is -0.0975. The van der Waals surface area contributed by atoms with E-state index < -0.39 is 0 Å². The minimum Gasteiger partial charge on any atom is -0.462 e. The SMILES string of the molecule is CCOC(=O)c1c(C)nsc1NC1CC(OCC)C1(C)C. The van der Waals surface area contributed by atoms with Crippen LogP contribution in [-0.2, 0) is 9.47 Å². The van der Waals surface area contributed by atoms with Crippen molar-refractivity contribution in [2.75, 3.05) is 18.5 Å². The Balaban J connectivity index is 2.10. The fourth-order valence-corrected chi connectivity index (χ4v) is 3.52. The van der Waals surface area contributed by atoms with Crippen molar-refractivity contribution in [1.29, 1.82) is 0 Å². The molecule has 1 N–H and O–H groups in total. The number of aromatic nitrogens is 1. The number of nitrogens with one attached hydrogen (secondary N) is 1. The van der Waals surface area contributed by atoms with Gasteiger partial charge in [0, 0.05) is 18.1 Å². The van der Waals surface area contributed by atoms with Gasteiger partial charge in [0.25, 0.3) is 0 Å². The highest BCUT2D eigenvalue weighted by molar-refractivity contribution is 7.10. The molecule has 1 aliphatic rings. The molecule has 0 saturated heterocycles. The zero-order valence-electron chi connectivity index (χ0n) is 13.4. The van der Waals surface area contributed by atoms with E-state index in [4.69, 9.17) is 9.47 Å². The van der Waals surface area contributed by atoms with Crippen LogP contribution in [0.2, 0.25) is 0 Å². The summed E-state index contributed by atoms with van der Waals surface area (Å²) in [5.41, 5.74) is 1.33. The van der Waals surface area contributed by atoms with E-state index in [0.29, 0.717) is 12.2 Å². The lowest BCUT2D eigenvalue weighted by atomic mass is 9.64. The molecule has 2 unspecified atom stereocenters. The molecule has 0 radical (unpaired) electrons. The van der Waals surface area contributed by atoms with Gasteiger partial charge >= 0.3 is 5.97 Å². The second kappa shape index (κ2) is 6.32. The number of aryl methyl sites for hydroxylation is 1. The van der Waals surface area contributed by atoms with E-state index in [1.807, 2.05) is 20.8 Å². The first-order valence-corrected chi connectivity index (χ1v) is 8.20. The van der Waals surface area contributed by atoms with Crippen molar-refractivity contribution in [3.8, 4) is 0 Å². The summed E-state index contributed by atoms with van der Waals surface area (Å²) in [5.74, 6) is -0.301. The summed E-state index contributed by atoms with van der Waals surface area (Å²) in [6.45, 7) is 11.1. The van der Waals surface area contributed by atoms with Crippen molar-refractivity contribution in [2.45, 2.75) is 53.2 Å². The highest BCUT2D eigenvalue weighted by atomic mass is 32.1. The van der Waals surface area contributed by atoms with Crippen molar-refractivity contribution in [1.82, 2.24) is 4.37 Å². The Morgan fingerprint density at radius 2 is 2.14 bits per heavy atom. The second-order valence-electron chi connectivity index (χ2n) is 5.89. The van der Waals surface area contributed by atoms with Crippen molar-refractivity contribution in [2.24, 2.45) is 5.41 Å². The van der Waals surface area contributed by atoms with Crippen LogP contribution >= 0.6 is 11.5 Å². The molecule has 0 bridgehead atoms. The van der Waals surface area contributed by atoms with Crippen LogP contribution in [0.15, 0.2) is 0 Å². The van der Waals surface area contributed by atoms with Gasteiger partial charge in [-0.15, -0.1) is 0 Å². The van der Waals surface area contributed by atoms with Crippen molar-refractivity contribution in [3.63, 3.8) is 0 Å². The Morgan fingerprint density at radius 1 is 1.43 bits per heavy atom. The molecule has 0 aromatic carbocycles. The van der Waals surface area contributed by atoms with E-state index in [2.05, 4.69) is 23.5 Å². The predicted octanol–water partition coefficient (Wildman–Crippen LogP) is 3.24. The van der Waals surface area contributed by atoms with Gasteiger partial charge in [0.05, 0.1) is 18.4 Å². The van der Waals surface area contributed by atoms with Crippen LogP contribution in [0.3, 0.4) is 0 Å². The molecule has 1 aromatic heterocycles. The standard InChI is InChI=1S/C15H24N2O3S/c1-6-19-11-8-10(15(11,4)5)16-13-12(9(3)17-21-13)14(18)20-7-2/h10-11,16H,6-8H2,1-5H3. The summed E-state index contributed by atoms with van der Waals surface area (Å²) in [6, 6.07) is 0.280. The molecule has 118 valence electrons. The summed E-state index contributed by atoms with van der Waals surface area (Å²) in [5, 5.41) is 4.27.